The van der Waals surface area contributed by atoms with Crippen molar-refractivity contribution in [1.82, 2.24) is 10.2 Å². The van der Waals surface area contributed by atoms with Crippen LogP contribution in [0, 0.1) is 13.8 Å². The number of hydrogen-bond acceptors (Lipinski definition) is 4. The molecule has 1 N–H and O–H groups in total. The Bertz CT molecular complexity index is 540. The predicted molar refractivity (Wildman–Crippen MR) is 61.7 cm³/mol. The summed E-state index contributed by atoms with van der Waals surface area (Å²) in [5.41, 5.74) is 1.91. The molecule has 0 radical (unpaired) electrons. The molecule has 5 nitrogen and oxygen atoms in total. The third-order valence-corrected chi connectivity index (χ3v) is 2.39. The highest BCUT2D eigenvalue weighted by atomic mass is 16.5. The Balaban J connectivity index is 2.30. The number of aromatic nitrogens is 2. The van der Waals surface area contributed by atoms with Gasteiger partial charge in [-0.15, -0.1) is 0 Å². The van der Waals surface area contributed by atoms with Crippen LogP contribution in [-0.4, -0.2) is 22.8 Å². The highest BCUT2D eigenvalue weighted by Gasteiger charge is 2.14. The molecule has 2 rings (SSSR count). The van der Waals surface area contributed by atoms with Crippen LogP contribution in [-0.2, 0) is 4.74 Å². The third-order valence-electron chi connectivity index (χ3n) is 2.39. The van der Waals surface area contributed by atoms with E-state index in [-0.39, 0.29) is 0 Å². The number of nitrogens with zero attached hydrogens (tertiary/aromatic N) is 1. The monoisotopic (exact) mass is 234 g/mol. The Kier molecular flexibility index (Phi) is 2.99. The van der Waals surface area contributed by atoms with Crippen LogP contribution in [0.5, 0.6) is 0 Å². The van der Waals surface area contributed by atoms with E-state index in [1.165, 1.54) is 0 Å². The minimum atomic E-state index is -0.399. The zero-order valence-corrected chi connectivity index (χ0v) is 10.0. The standard InChI is InChI=1S/C12H14N2O3/c1-4-16-12(15)11-6-10(13-14-11)9-5-7(2)17-8(9)3/h5-6H,4H2,1-3H3,(H,13,14). The topological polar surface area (TPSA) is 68.1 Å². The highest BCUT2D eigenvalue weighted by molar-refractivity contribution is 5.88. The van der Waals surface area contributed by atoms with E-state index in [0.717, 1.165) is 17.1 Å². The first-order valence-corrected chi connectivity index (χ1v) is 5.41. The summed E-state index contributed by atoms with van der Waals surface area (Å²) in [5, 5.41) is 6.74. The molecule has 0 aromatic carbocycles. The zero-order chi connectivity index (χ0) is 12.4. The van der Waals surface area contributed by atoms with Gasteiger partial charge in [0.2, 0.25) is 0 Å². The summed E-state index contributed by atoms with van der Waals surface area (Å²) in [5.74, 6) is 1.20. The van der Waals surface area contributed by atoms with Gasteiger partial charge in [0.25, 0.3) is 0 Å². The van der Waals surface area contributed by atoms with E-state index in [4.69, 9.17) is 9.15 Å². The van der Waals surface area contributed by atoms with Gasteiger partial charge in [-0.2, -0.15) is 5.10 Å². The summed E-state index contributed by atoms with van der Waals surface area (Å²) in [6, 6.07) is 3.55. The lowest BCUT2D eigenvalue weighted by Crippen LogP contribution is -2.04. The summed E-state index contributed by atoms with van der Waals surface area (Å²) >= 11 is 0. The second-order valence-corrected chi connectivity index (χ2v) is 3.71. The lowest BCUT2D eigenvalue weighted by molar-refractivity contribution is 0.0519. The molecule has 0 fully saturated rings. The van der Waals surface area contributed by atoms with Crippen molar-refractivity contribution in [2.24, 2.45) is 0 Å². The lowest BCUT2D eigenvalue weighted by Gasteiger charge is -1.95. The molecule has 2 aromatic rings. The fourth-order valence-corrected chi connectivity index (χ4v) is 1.66. The van der Waals surface area contributed by atoms with Crippen molar-refractivity contribution in [2.45, 2.75) is 20.8 Å². The molecular formula is C12H14N2O3. The van der Waals surface area contributed by atoms with Crippen molar-refractivity contribution >= 4 is 5.97 Å². The quantitative estimate of drug-likeness (QED) is 0.828. The van der Waals surface area contributed by atoms with E-state index in [9.17, 15) is 4.79 Å². The van der Waals surface area contributed by atoms with E-state index in [0.29, 0.717) is 18.0 Å². The number of carbonyl (C=O) groups excluding carboxylic acids is 1. The minimum absolute atomic E-state index is 0.344. The maximum absolute atomic E-state index is 11.5. The number of aromatic amines is 1. The van der Waals surface area contributed by atoms with Gasteiger partial charge in [-0.25, -0.2) is 4.79 Å². The van der Waals surface area contributed by atoms with Crippen LogP contribution < -0.4 is 0 Å². The molecule has 0 saturated carbocycles. The average Bonchev–Trinajstić information content (AvgIpc) is 2.85. The van der Waals surface area contributed by atoms with Crippen molar-refractivity contribution in [3.63, 3.8) is 0 Å². The molecule has 90 valence electrons. The van der Waals surface area contributed by atoms with Gasteiger partial charge in [0.1, 0.15) is 17.2 Å². The molecule has 0 saturated heterocycles. The Labute approximate surface area is 98.8 Å². The number of furan rings is 1. The van der Waals surface area contributed by atoms with Gasteiger partial charge >= 0.3 is 5.97 Å². The minimum Gasteiger partial charge on any atom is -0.466 e. The van der Waals surface area contributed by atoms with E-state index < -0.39 is 5.97 Å². The third kappa shape index (κ3) is 2.22. The van der Waals surface area contributed by atoms with Crippen molar-refractivity contribution < 1.29 is 13.9 Å². The van der Waals surface area contributed by atoms with Crippen molar-refractivity contribution in [3.8, 4) is 11.3 Å². The van der Waals surface area contributed by atoms with Gasteiger partial charge < -0.3 is 9.15 Å². The van der Waals surface area contributed by atoms with Gasteiger partial charge in [-0.05, 0) is 32.9 Å². The number of hydrogen-bond donors (Lipinski definition) is 1. The number of esters is 1. The van der Waals surface area contributed by atoms with E-state index in [1.54, 1.807) is 13.0 Å². The maximum atomic E-state index is 11.5. The van der Waals surface area contributed by atoms with Crippen LogP contribution in [0.1, 0.15) is 28.9 Å². The lowest BCUT2D eigenvalue weighted by atomic mass is 10.2. The van der Waals surface area contributed by atoms with Crippen LogP contribution in [0.15, 0.2) is 16.5 Å². The number of rotatable bonds is 3. The molecule has 2 heterocycles. The Hall–Kier alpha value is -2.04. The molecule has 0 spiro atoms. The Morgan fingerprint density at radius 2 is 2.24 bits per heavy atom. The SMILES string of the molecule is CCOC(=O)c1cc(-c2cc(C)oc2C)n[nH]1. The number of ether oxygens (including phenoxy) is 1. The van der Waals surface area contributed by atoms with Crippen LogP contribution >= 0.6 is 0 Å². The van der Waals surface area contributed by atoms with Gasteiger partial charge in [-0.3, -0.25) is 5.10 Å². The Morgan fingerprint density at radius 1 is 1.47 bits per heavy atom. The summed E-state index contributed by atoms with van der Waals surface area (Å²) in [4.78, 5) is 11.5. The molecule has 0 aliphatic heterocycles. The van der Waals surface area contributed by atoms with Crippen molar-refractivity contribution in [1.29, 1.82) is 0 Å². The normalized spacial score (nSPS) is 10.5. The fourth-order valence-electron chi connectivity index (χ4n) is 1.66. The molecule has 17 heavy (non-hydrogen) atoms. The Morgan fingerprint density at radius 3 is 2.82 bits per heavy atom. The first-order chi connectivity index (χ1) is 8.11. The van der Waals surface area contributed by atoms with Gasteiger partial charge in [0.05, 0.1) is 12.3 Å². The molecule has 2 aromatic heterocycles. The smallest absolute Gasteiger partial charge is 0.356 e. The largest absolute Gasteiger partial charge is 0.466 e. The number of carbonyl (C=O) groups is 1. The first-order valence-electron chi connectivity index (χ1n) is 5.41. The van der Waals surface area contributed by atoms with Gasteiger partial charge in [0.15, 0.2) is 0 Å². The van der Waals surface area contributed by atoms with Crippen LogP contribution in [0.2, 0.25) is 0 Å². The molecule has 0 unspecified atom stereocenters. The molecule has 0 bridgehead atoms. The van der Waals surface area contributed by atoms with Gasteiger partial charge in [-0.1, -0.05) is 0 Å². The first kappa shape index (κ1) is 11.4. The zero-order valence-electron chi connectivity index (χ0n) is 10.0. The van der Waals surface area contributed by atoms with Crippen molar-refractivity contribution in [2.75, 3.05) is 6.61 Å². The second-order valence-electron chi connectivity index (χ2n) is 3.71. The summed E-state index contributed by atoms with van der Waals surface area (Å²) in [6.45, 7) is 5.84. The molecule has 0 aliphatic rings. The van der Waals surface area contributed by atoms with E-state index in [2.05, 4.69) is 10.2 Å². The highest BCUT2D eigenvalue weighted by Crippen LogP contribution is 2.25. The van der Waals surface area contributed by atoms with E-state index in [1.807, 2.05) is 19.9 Å². The molecule has 5 heteroatoms. The van der Waals surface area contributed by atoms with Crippen LogP contribution in [0.25, 0.3) is 11.3 Å². The van der Waals surface area contributed by atoms with Crippen LogP contribution in [0.4, 0.5) is 0 Å². The maximum Gasteiger partial charge on any atom is 0.356 e. The molecule has 0 amide bonds. The molecule has 0 aliphatic carbocycles. The summed E-state index contributed by atoms with van der Waals surface area (Å²) < 4.78 is 10.3. The number of H-pyrrole nitrogens is 1. The summed E-state index contributed by atoms with van der Waals surface area (Å²) in [6.07, 6.45) is 0. The average molecular weight is 234 g/mol. The van der Waals surface area contributed by atoms with Crippen molar-refractivity contribution in [3.05, 3.63) is 29.3 Å². The number of nitrogens with one attached hydrogen (secondary N) is 1. The summed E-state index contributed by atoms with van der Waals surface area (Å²) in [7, 11) is 0. The molecule has 0 atom stereocenters. The number of aryl methyl sites for hydroxylation is 2. The fraction of sp³-hybridized carbons (Fsp3) is 0.333. The van der Waals surface area contributed by atoms with Gasteiger partial charge in [0, 0.05) is 5.56 Å². The predicted octanol–water partition coefficient (Wildman–Crippen LogP) is 2.46. The second kappa shape index (κ2) is 4.45. The van der Waals surface area contributed by atoms with Crippen LogP contribution in [0.3, 0.4) is 0 Å². The van der Waals surface area contributed by atoms with E-state index >= 15 is 0 Å². The molecular weight excluding hydrogens is 220 g/mol.